The molecular weight excluding hydrogens is 226 g/mol. The molecule has 18 heavy (non-hydrogen) atoms. The molecular formula is C14H21N3O. The van der Waals surface area contributed by atoms with Crippen molar-refractivity contribution in [3.05, 3.63) is 29.8 Å². The van der Waals surface area contributed by atoms with Gasteiger partial charge in [0.05, 0.1) is 6.04 Å². The summed E-state index contributed by atoms with van der Waals surface area (Å²) in [5, 5.41) is 2.88. The van der Waals surface area contributed by atoms with E-state index in [1.54, 1.807) is 6.92 Å². The van der Waals surface area contributed by atoms with Crippen molar-refractivity contribution in [3.63, 3.8) is 0 Å². The van der Waals surface area contributed by atoms with Gasteiger partial charge >= 0.3 is 0 Å². The quantitative estimate of drug-likeness (QED) is 0.831. The van der Waals surface area contributed by atoms with Gasteiger partial charge in [-0.3, -0.25) is 4.79 Å². The van der Waals surface area contributed by atoms with Gasteiger partial charge in [0.2, 0.25) is 5.91 Å². The first-order valence-corrected chi connectivity index (χ1v) is 6.47. The molecule has 98 valence electrons. The highest BCUT2D eigenvalue weighted by Gasteiger charge is 2.23. The third kappa shape index (κ3) is 2.64. The van der Waals surface area contributed by atoms with Gasteiger partial charge in [-0.15, -0.1) is 0 Å². The molecule has 4 heteroatoms. The van der Waals surface area contributed by atoms with Crippen molar-refractivity contribution in [2.45, 2.75) is 32.4 Å². The van der Waals surface area contributed by atoms with Gasteiger partial charge in [0.15, 0.2) is 0 Å². The first kappa shape index (κ1) is 12.9. The maximum atomic E-state index is 11.5. The van der Waals surface area contributed by atoms with Crippen molar-refractivity contribution in [3.8, 4) is 0 Å². The smallest absolute Gasteiger partial charge is 0.236 e. The lowest BCUT2D eigenvalue weighted by atomic mass is 10.2. The van der Waals surface area contributed by atoms with E-state index < -0.39 is 6.04 Å². The number of anilines is 1. The van der Waals surface area contributed by atoms with Gasteiger partial charge in [-0.25, -0.2) is 0 Å². The minimum Gasteiger partial charge on any atom is -0.366 e. The zero-order chi connectivity index (χ0) is 13.1. The molecule has 0 saturated carbocycles. The van der Waals surface area contributed by atoms with E-state index in [1.807, 2.05) is 0 Å². The molecule has 4 nitrogen and oxygen atoms in total. The largest absolute Gasteiger partial charge is 0.366 e. The average molecular weight is 247 g/mol. The van der Waals surface area contributed by atoms with Crippen LogP contribution >= 0.6 is 0 Å². The van der Waals surface area contributed by atoms with Gasteiger partial charge < -0.3 is 16.0 Å². The summed E-state index contributed by atoms with van der Waals surface area (Å²) in [6, 6.07) is 8.30. The number of hydrogen-bond acceptors (Lipinski definition) is 3. The Bertz CT molecular complexity index is 431. The monoisotopic (exact) mass is 247 g/mol. The normalized spacial score (nSPS) is 17.2. The topological polar surface area (TPSA) is 58.4 Å². The molecule has 1 heterocycles. The minimum absolute atomic E-state index is 0.0886. The van der Waals surface area contributed by atoms with Crippen LogP contribution in [0.1, 0.15) is 19.4 Å². The molecule has 2 atom stereocenters. The molecule has 0 aliphatic carbocycles. The molecule has 2 rings (SSSR count). The highest BCUT2D eigenvalue weighted by atomic mass is 16.2. The molecule has 1 aliphatic heterocycles. The number of nitrogens with zero attached hydrogens (tertiary/aromatic N) is 1. The van der Waals surface area contributed by atoms with Gasteiger partial charge in [-0.1, -0.05) is 18.2 Å². The van der Waals surface area contributed by atoms with Crippen LogP contribution in [0.25, 0.3) is 0 Å². The molecule has 0 fully saturated rings. The Kier molecular flexibility index (Phi) is 3.87. The summed E-state index contributed by atoms with van der Waals surface area (Å²) in [6.07, 6.45) is 1.09. The van der Waals surface area contributed by atoms with Crippen LogP contribution in [0.3, 0.4) is 0 Å². The first-order valence-electron chi connectivity index (χ1n) is 6.47. The fourth-order valence-electron chi connectivity index (χ4n) is 2.34. The van der Waals surface area contributed by atoms with E-state index >= 15 is 0 Å². The second kappa shape index (κ2) is 5.40. The zero-order valence-electron chi connectivity index (χ0n) is 11.0. The Morgan fingerprint density at radius 3 is 2.89 bits per heavy atom. The molecule has 1 amide bonds. The maximum absolute atomic E-state index is 11.5. The number of benzene rings is 1. The number of hydrogen-bond donors (Lipinski definition) is 2. The molecule has 0 aromatic heterocycles. The first-order chi connectivity index (χ1) is 8.59. The SMILES string of the molecule is CC(N)C(=O)NCC(C)N1CCc2ccccc21. The fraction of sp³-hybridized carbons (Fsp3) is 0.500. The standard InChI is InChI=1S/C14H21N3O/c1-10(9-16-14(18)11(2)15)17-8-7-12-5-3-4-6-13(12)17/h3-6,10-11H,7-9,15H2,1-2H3,(H,16,18). The summed E-state index contributed by atoms with van der Waals surface area (Å²) in [7, 11) is 0. The van der Waals surface area contributed by atoms with E-state index in [2.05, 4.69) is 41.4 Å². The van der Waals surface area contributed by atoms with Crippen molar-refractivity contribution >= 4 is 11.6 Å². The van der Waals surface area contributed by atoms with Crippen LogP contribution in [0.5, 0.6) is 0 Å². The summed E-state index contributed by atoms with van der Waals surface area (Å²) < 4.78 is 0. The molecule has 0 spiro atoms. The van der Waals surface area contributed by atoms with E-state index in [0.717, 1.165) is 13.0 Å². The minimum atomic E-state index is -0.442. The third-order valence-corrected chi connectivity index (χ3v) is 3.44. The number of amides is 1. The second-order valence-electron chi connectivity index (χ2n) is 4.95. The predicted octanol–water partition coefficient (Wildman–Crippen LogP) is 0.901. The molecule has 3 N–H and O–H groups in total. The van der Waals surface area contributed by atoms with Crippen molar-refractivity contribution in [1.82, 2.24) is 5.32 Å². The van der Waals surface area contributed by atoms with Crippen LogP contribution in [0.4, 0.5) is 5.69 Å². The summed E-state index contributed by atoms with van der Waals surface area (Å²) in [5.74, 6) is -0.0886. The van der Waals surface area contributed by atoms with Gasteiger partial charge in [0.1, 0.15) is 0 Å². The fourth-order valence-corrected chi connectivity index (χ4v) is 2.34. The van der Waals surface area contributed by atoms with Gasteiger partial charge in [0.25, 0.3) is 0 Å². The van der Waals surface area contributed by atoms with Crippen LogP contribution in [0.15, 0.2) is 24.3 Å². The Balaban J connectivity index is 1.95. The summed E-state index contributed by atoms with van der Waals surface area (Å²) >= 11 is 0. The maximum Gasteiger partial charge on any atom is 0.236 e. The van der Waals surface area contributed by atoms with Gasteiger partial charge in [-0.05, 0) is 31.9 Å². The molecule has 0 bridgehead atoms. The number of fused-ring (bicyclic) bond motifs is 1. The molecule has 1 aliphatic rings. The third-order valence-electron chi connectivity index (χ3n) is 3.44. The van der Waals surface area contributed by atoms with Gasteiger partial charge in [-0.2, -0.15) is 0 Å². The highest BCUT2D eigenvalue weighted by Crippen LogP contribution is 2.28. The van der Waals surface area contributed by atoms with Crippen LogP contribution in [-0.4, -0.2) is 31.1 Å². The number of carbonyl (C=O) groups is 1. The summed E-state index contributed by atoms with van der Waals surface area (Å²) in [5.41, 5.74) is 8.21. The molecule has 1 aromatic rings. The molecule has 0 saturated heterocycles. The van der Waals surface area contributed by atoms with Crippen LogP contribution < -0.4 is 16.0 Å². The van der Waals surface area contributed by atoms with Crippen LogP contribution in [0.2, 0.25) is 0 Å². The van der Waals surface area contributed by atoms with E-state index in [4.69, 9.17) is 5.73 Å². The average Bonchev–Trinajstić information content (AvgIpc) is 2.79. The van der Waals surface area contributed by atoms with Gasteiger partial charge in [0, 0.05) is 24.8 Å². The summed E-state index contributed by atoms with van der Waals surface area (Å²) in [4.78, 5) is 13.8. The van der Waals surface area contributed by atoms with Crippen molar-refractivity contribution in [1.29, 1.82) is 0 Å². The Morgan fingerprint density at radius 1 is 1.44 bits per heavy atom. The molecule has 2 unspecified atom stereocenters. The molecule has 0 radical (unpaired) electrons. The number of para-hydroxylation sites is 1. The van der Waals surface area contributed by atoms with Crippen LogP contribution in [0, 0.1) is 0 Å². The zero-order valence-corrected chi connectivity index (χ0v) is 11.0. The number of nitrogens with two attached hydrogens (primary N) is 1. The molecule has 1 aromatic carbocycles. The lowest BCUT2D eigenvalue weighted by Gasteiger charge is -2.27. The number of rotatable bonds is 4. The lowest BCUT2D eigenvalue weighted by molar-refractivity contribution is -0.122. The lowest BCUT2D eigenvalue weighted by Crippen LogP contribution is -2.45. The second-order valence-corrected chi connectivity index (χ2v) is 4.95. The van der Waals surface area contributed by atoms with Crippen molar-refractivity contribution in [2.24, 2.45) is 5.73 Å². The Labute approximate surface area is 108 Å². The van der Waals surface area contributed by atoms with Crippen molar-refractivity contribution < 1.29 is 4.79 Å². The van der Waals surface area contributed by atoms with E-state index in [0.29, 0.717) is 6.54 Å². The van der Waals surface area contributed by atoms with E-state index in [9.17, 15) is 4.79 Å². The highest BCUT2D eigenvalue weighted by molar-refractivity contribution is 5.81. The predicted molar refractivity (Wildman–Crippen MR) is 73.6 cm³/mol. The number of nitrogens with one attached hydrogen (secondary N) is 1. The number of carbonyl (C=O) groups excluding carboxylic acids is 1. The van der Waals surface area contributed by atoms with Crippen LogP contribution in [-0.2, 0) is 11.2 Å². The van der Waals surface area contributed by atoms with E-state index in [1.165, 1.54) is 11.3 Å². The van der Waals surface area contributed by atoms with Crippen molar-refractivity contribution in [2.75, 3.05) is 18.0 Å². The summed E-state index contributed by atoms with van der Waals surface area (Å²) in [6.45, 7) is 5.48. The van der Waals surface area contributed by atoms with E-state index in [-0.39, 0.29) is 11.9 Å². The Hall–Kier alpha value is -1.55. The Morgan fingerprint density at radius 2 is 2.17 bits per heavy atom.